The van der Waals surface area contributed by atoms with Crippen molar-refractivity contribution in [3.8, 4) is 33.4 Å². The van der Waals surface area contributed by atoms with Crippen LogP contribution in [0.15, 0.2) is 280 Å². The molecule has 0 spiro atoms. The molecule has 0 unspecified atom stereocenters. The number of para-hydroxylation sites is 7. The SMILES string of the molecule is CC(C)(C)c1c[c-]c(N2[CH-]N(c3ccccc3-c3ccccc3)c3nccnc32)cc1.[Ir].[Ir].[Ir].[c-]1ccccc1N1[CH-]N(c2ccccc2-c2ccccc2)c2ccccc21.[c-]1ccccc1N1[CH-]N(c2ccccc2-c2ccccc2)c2nccnc21. The van der Waals surface area contributed by atoms with Crippen molar-refractivity contribution in [1.29, 1.82) is 0 Å². The van der Waals surface area contributed by atoms with E-state index in [0.717, 1.165) is 91.0 Å². The van der Waals surface area contributed by atoms with Gasteiger partial charge < -0.3 is 29.4 Å². The Morgan fingerprint density at radius 2 is 0.614 bits per heavy atom. The Hall–Kier alpha value is -8.89. The van der Waals surface area contributed by atoms with E-state index in [1.54, 1.807) is 24.8 Å². The molecule has 441 valence electrons. The van der Waals surface area contributed by atoms with Gasteiger partial charge in [0.15, 0.2) is 0 Å². The van der Waals surface area contributed by atoms with Crippen molar-refractivity contribution in [2.75, 3.05) is 29.4 Å². The molecule has 0 amide bonds. The minimum absolute atomic E-state index is 0. The first kappa shape index (κ1) is 62.2. The molecule has 0 aliphatic carbocycles. The summed E-state index contributed by atoms with van der Waals surface area (Å²) in [5.74, 6) is 3.20. The van der Waals surface area contributed by atoms with E-state index in [1.165, 1.54) is 16.7 Å². The van der Waals surface area contributed by atoms with E-state index in [2.05, 4.69) is 291 Å². The number of nitrogens with zero attached hydrogens (tertiary/aromatic N) is 10. The van der Waals surface area contributed by atoms with Gasteiger partial charge in [0, 0.05) is 130 Å². The molecule has 5 heterocycles. The number of benzene rings is 10. The van der Waals surface area contributed by atoms with Crippen LogP contribution in [0.5, 0.6) is 0 Å². The van der Waals surface area contributed by atoms with Gasteiger partial charge in [-0.25, -0.2) is 19.9 Å². The summed E-state index contributed by atoms with van der Waals surface area (Å²) in [4.78, 5) is 31.2. The van der Waals surface area contributed by atoms with Gasteiger partial charge in [0.25, 0.3) is 0 Å². The van der Waals surface area contributed by atoms with Gasteiger partial charge in [-0.05, 0) is 47.0 Å². The Morgan fingerprint density at radius 1 is 0.295 bits per heavy atom. The maximum atomic E-state index is 4.66. The fourth-order valence-corrected chi connectivity index (χ4v) is 10.7. The van der Waals surface area contributed by atoms with E-state index < -0.39 is 0 Å². The fourth-order valence-electron chi connectivity index (χ4n) is 10.7. The third-order valence-electron chi connectivity index (χ3n) is 14.9. The fraction of sp³-hybridized carbons (Fsp3) is 0.0533. The molecular weight excluding hydrogens is 1620 g/mol. The molecular formula is C75H58Ir3N10-6. The zero-order valence-corrected chi connectivity index (χ0v) is 55.4. The number of hydrogen-bond acceptors (Lipinski definition) is 10. The third-order valence-corrected chi connectivity index (χ3v) is 14.9. The van der Waals surface area contributed by atoms with Gasteiger partial charge in [-0.3, -0.25) is 0 Å². The molecule has 0 fully saturated rings. The largest absolute Gasteiger partial charge is 0.493 e. The molecule has 12 aromatic rings. The summed E-state index contributed by atoms with van der Waals surface area (Å²) < 4.78 is 0. The second-order valence-electron chi connectivity index (χ2n) is 21.3. The van der Waals surface area contributed by atoms with Crippen molar-refractivity contribution in [2.24, 2.45) is 0 Å². The second-order valence-corrected chi connectivity index (χ2v) is 21.3. The smallest absolute Gasteiger partial charge is 0.145 e. The molecule has 3 aliphatic rings. The van der Waals surface area contributed by atoms with Crippen LogP contribution in [0.25, 0.3) is 33.4 Å². The summed E-state index contributed by atoms with van der Waals surface area (Å²) in [6, 6.07) is 97.4. The van der Waals surface area contributed by atoms with Crippen molar-refractivity contribution in [3.63, 3.8) is 0 Å². The predicted octanol–water partition coefficient (Wildman–Crippen LogP) is 18.6. The number of aromatic nitrogens is 4. The van der Waals surface area contributed by atoms with Crippen molar-refractivity contribution in [1.82, 2.24) is 19.9 Å². The molecule has 88 heavy (non-hydrogen) atoms. The van der Waals surface area contributed by atoms with Crippen LogP contribution in [-0.2, 0) is 65.7 Å². The quantitative estimate of drug-likeness (QED) is 0.131. The summed E-state index contributed by atoms with van der Waals surface area (Å²) in [7, 11) is 0. The van der Waals surface area contributed by atoms with Crippen LogP contribution in [-0.4, -0.2) is 19.9 Å². The van der Waals surface area contributed by atoms with Gasteiger partial charge in [-0.2, -0.15) is 84.4 Å². The molecule has 0 atom stereocenters. The summed E-state index contributed by atoms with van der Waals surface area (Å²) in [6.07, 6.45) is 6.91. The molecule has 0 saturated carbocycles. The van der Waals surface area contributed by atoms with E-state index in [9.17, 15) is 0 Å². The zero-order valence-electron chi connectivity index (χ0n) is 48.3. The average molecular weight is 1680 g/mol. The first-order valence-electron chi connectivity index (χ1n) is 28.3. The summed E-state index contributed by atoms with van der Waals surface area (Å²) in [5, 5.41) is 0. The maximum Gasteiger partial charge on any atom is 0.145 e. The number of hydrogen-bond donors (Lipinski definition) is 0. The van der Waals surface area contributed by atoms with Gasteiger partial charge in [0.2, 0.25) is 0 Å². The Kier molecular flexibility index (Phi) is 20.0. The summed E-state index contributed by atoms with van der Waals surface area (Å²) in [5.41, 5.74) is 16.9. The van der Waals surface area contributed by atoms with E-state index in [0.29, 0.717) is 0 Å². The normalized spacial score (nSPS) is 12.6. The first-order chi connectivity index (χ1) is 41.9. The molecule has 0 N–H and O–H groups in total. The van der Waals surface area contributed by atoms with Gasteiger partial charge in [-0.1, -0.05) is 184 Å². The third kappa shape index (κ3) is 13.0. The first-order valence-corrected chi connectivity index (χ1v) is 28.3. The Morgan fingerprint density at radius 3 is 0.989 bits per heavy atom. The minimum atomic E-state index is 0. The van der Waals surface area contributed by atoms with Crippen molar-refractivity contribution in [3.05, 3.63) is 323 Å². The van der Waals surface area contributed by atoms with Crippen LogP contribution in [0.2, 0.25) is 0 Å². The van der Waals surface area contributed by atoms with E-state index in [4.69, 9.17) is 0 Å². The number of anilines is 12. The summed E-state index contributed by atoms with van der Waals surface area (Å²) in [6.45, 7) is 12.9. The molecule has 13 heteroatoms. The van der Waals surface area contributed by atoms with Gasteiger partial charge in [-0.15, -0.1) is 43.1 Å². The molecule has 10 nitrogen and oxygen atoms in total. The summed E-state index contributed by atoms with van der Waals surface area (Å²) >= 11 is 0. The molecule has 15 rings (SSSR count). The van der Waals surface area contributed by atoms with Crippen LogP contribution in [0.3, 0.4) is 0 Å². The Balaban J connectivity index is 0.000000144. The molecule has 2 aromatic heterocycles. The molecule has 3 aliphatic heterocycles. The molecule has 0 saturated heterocycles. The Labute approximate surface area is 556 Å². The minimum Gasteiger partial charge on any atom is -0.493 e. The van der Waals surface area contributed by atoms with Crippen LogP contribution in [0, 0.1) is 38.2 Å². The number of rotatable bonds is 9. The number of fused-ring (bicyclic) bond motifs is 3. The van der Waals surface area contributed by atoms with Gasteiger partial charge in [0.1, 0.15) is 23.3 Å². The monoisotopic (exact) mass is 1680 g/mol. The van der Waals surface area contributed by atoms with Gasteiger partial charge in [0.05, 0.1) is 0 Å². The van der Waals surface area contributed by atoms with Crippen molar-refractivity contribution >= 4 is 68.8 Å². The molecule has 3 radical (unpaired) electrons. The average Bonchev–Trinajstić information content (AvgIpc) is 2.20. The maximum absolute atomic E-state index is 4.66. The topological polar surface area (TPSA) is 71.0 Å². The van der Waals surface area contributed by atoms with E-state index in [1.807, 2.05) is 72.2 Å². The van der Waals surface area contributed by atoms with E-state index in [-0.39, 0.29) is 65.7 Å². The van der Waals surface area contributed by atoms with Crippen LogP contribution in [0.4, 0.5) is 68.8 Å². The predicted molar refractivity (Wildman–Crippen MR) is 346 cm³/mol. The van der Waals surface area contributed by atoms with Crippen LogP contribution in [0.1, 0.15) is 26.3 Å². The Bertz CT molecular complexity index is 4020. The van der Waals surface area contributed by atoms with Crippen LogP contribution < -0.4 is 29.4 Å². The molecule has 10 aromatic carbocycles. The van der Waals surface area contributed by atoms with E-state index >= 15 is 0 Å². The standard InChI is InChI=1S/C27H24N4.C25H18N2.C23H16N4.3Ir/c1-27(2,3)21-13-15-22(16-14-21)30-19-31(26-25(30)28-17-18-29-26)24-12-8-7-11-23(24)20-9-5-4-6-10-20;1-3-11-20(12-4-1)22-15-7-8-16-23(22)27-19-26(21-13-5-2-6-14-21)24-17-9-10-18-25(24)27;1-3-9-18(10-4-1)20-13-7-8-14-21(20)27-17-26(19-11-5-2-6-12-19)22-23(27)25-16-15-24-22;;;/h4-15,17-19H,1-3H3;1-13,15-19H;1-11,13-17H;;;/q3*-2;;;. The zero-order chi connectivity index (χ0) is 57.5. The second kappa shape index (κ2) is 28.3. The van der Waals surface area contributed by atoms with Crippen molar-refractivity contribution < 1.29 is 60.3 Å². The van der Waals surface area contributed by atoms with Gasteiger partial charge >= 0.3 is 0 Å². The van der Waals surface area contributed by atoms with Crippen LogP contribution >= 0.6 is 0 Å². The van der Waals surface area contributed by atoms with Crippen molar-refractivity contribution in [2.45, 2.75) is 26.2 Å². The molecule has 0 bridgehead atoms.